The predicted molar refractivity (Wildman–Crippen MR) is 196 cm³/mol. The molecule has 0 aliphatic heterocycles. The van der Waals surface area contributed by atoms with Crippen LogP contribution in [0.1, 0.15) is 0 Å². The second-order valence-electron chi connectivity index (χ2n) is 11.8. The second kappa shape index (κ2) is 9.64. The van der Waals surface area contributed by atoms with E-state index in [-0.39, 0.29) is 0 Å². The standard InChI is InChI=1S/C42H24OS2/c1-2-6-25(7-3-1)26-10-12-27(13-11-26)30-16-17-37-34(18-30)22-38(43-37)32-15-14-31-21-36-40(24-33(31)19-32)45-41-35-20-28-8-4-5-9-29(28)23-39(35)44-42(36)41/h1-24H. The third kappa shape index (κ3) is 4.05. The van der Waals surface area contributed by atoms with Gasteiger partial charge in [-0.15, -0.1) is 22.7 Å². The first-order chi connectivity index (χ1) is 22.2. The average Bonchev–Trinajstić information content (AvgIpc) is 3.78. The van der Waals surface area contributed by atoms with Crippen molar-refractivity contribution in [2.75, 3.05) is 0 Å². The van der Waals surface area contributed by atoms with Crippen LogP contribution in [0.4, 0.5) is 0 Å². The Hall–Kier alpha value is -5.22. The van der Waals surface area contributed by atoms with Crippen molar-refractivity contribution >= 4 is 84.8 Å². The summed E-state index contributed by atoms with van der Waals surface area (Å²) in [6.07, 6.45) is 0. The molecule has 0 saturated carbocycles. The molecule has 0 saturated heterocycles. The summed E-state index contributed by atoms with van der Waals surface area (Å²) in [7, 11) is 0. The monoisotopic (exact) mass is 608 g/mol. The van der Waals surface area contributed by atoms with E-state index in [9.17, 15) is 0 Å². The Morgan fingerprint density at radius 1 is 0.356 bits per heavy atom. The SMILES string of the molecule is c1ccc(-c2ccc(-c3ccc4oc(-c5ccc6cc7c(cc6c5)sc5c6cc8ccccc8cc6sc75)cc4c3)cc2)cc1. The highest BCUT2D eigenvalue weighted by molar-refractivity contribution is 7.36. The van der Waals surface area contributed by atoms with Crippen LogP contribution < -0.4 is 0 Å². The van der Waals surface area contributed by atoms with Gasteiger partial charge in [0.05, 0.1) is 9.40 Å². The highest BCUT2D eigenvalue weighted by Gasteiger charge is 2.15. The van der Waals surface area contributed by atoms with Crippen molar-refractivity contribution in [1.29, 1.82) is 0 Å². The molecule has 3 aromatic heterocycles. The molecule has 0 atom stereocenters. The Labute approximate surface area is 267 Å². The number of fused-ring (bicyclic) bond motifs is 8. The summed E-state index contributed by atoms with van der Waals surface area (Å²) >= 11 is 3.83. The molecule has 0 aliphatic carbocycles. The molecule has 0 fully saturated rings. The third-order valence-electron chi connectivity index (χ3n) is 9.03. The normalized spacial score (nSPS) is 12.0. The van der Waals surface area contributed by atoms with Gasteiger partial charge in [-0.2, -0.15) is 0 Å². The van der Waals surface area contributed by atoms with Crippen molar-refractivity contribution in [1.82, 2.24) is 0 Å². The molecule has 3 heterocycles. The second-order valence-corrected chi connectivity index (χ2v) is 13.9. The number of hydrogen-bond donors (Lipinski definition) is 0. The molecule has 45 heavy (non-hydrogen) atoms. The lowest BCUT2D eigenvalue weighted by Gasteiger charge is -2.05. The lowest BCUT2D eigenvalue weighted by atomic mass is 9.99. The molecule has 7 aromatic carbocycles. The number of benzene rings is 7. The maximum atomic E-state index is 6.38. The van der Waals surface area contributed by atoms with Crippen LogP contribution in [0.3, 0.4) is 0 Å². The highest BCUT2D eigenvalue weighted by atomic mass is 32.1. The van der Waals surface area contributed by atoms with E-state index in [1.54, 1.807) is 0 Å². The average molecular weight is 609 g/mol. The van der Waals surface area contributed by atoms with Gasteiger partial charge in [0.25, 0.3) is 0 Å². The van der Waals surface area contributed by atoms with Crippen molar-refractivity contribution < 1.29 is 4.42 Å². The molecule has 0 bridgehead atoms. The van der Waals surface area contributed by atoms with Crippen LogP contribution in [-0.2, 0) is 0 Å². The van der Waals surface area contributed by atoms with E-state index in [1.165, 1.54) is 73.4 Å². The van der Waals surface area contributed by atoms with E-state index in [0.29, 0.717) is 0 Å². The Bertz CT molecular complexity index is 2740. The summed E-state index contributed by atoms with van der Waals surface area (Å²) in [4.78, 5) is 0. The summed E-state index contributed by atoms with van der Waals surface area (Å²) in [5.41, 5.74) is 6.85. The van der Waals surface area contributed by atoms with Crippen molar-refractivity contribution in [3.05, 3.63) is 146 Å². The molecule has 0 radical (unpaired) electrons. The third-order valence-corrected chi connectivity index (χ3v) is 11.5. The van der Waals surface area contributed by atoms with Crippen molar-refractivity contribution in [2.45, 2.75) is 0 Å². The molecule has 10 aromatic rings. The van der Waals surface area contributed by atoms with Gasteiger partial charge < -0.3 is 4.42 Å². The lowest BCUT2D eigenvalue weighted by Crippen LogP contribution is -1.80. The first kappa shape index (κ1) is 25.1. The Morgan fingerprint density at radius 2 is 0.889 bits per heavy atom. The largest absolute Gasteiger partial charge is 0.456 e. The van der Waals surface area contributed by atoms with Gasteiger partial charge in [0.2, 0.25) is 0 Å². The number of thiophene rings is 2. The van der Waals surface area contributed by atoms with E-state index in [2.05, 4.69) is 146 Å². The lowest BCUT2D eigenvalue weighted by molar-refractivity contribution is 0.632. The molecule has 210 valence electrons. The van der Waals surface area contributed by atoms with E-state index in [0.717, 1.165) is 22.3 Å². The van der Waals surface area contributed by atoms with Crippen LogP contribution in [0.15, 0.2) is 150 Å². The van der Waals surface area contributed by atoms with Crippen molar-refractivity contribution in [3.8, 4) is 33.6 Å². The predicted octanol–water partition coefficient (Wildman–Crippen LogP) is 13.3. The molecular formula is C42H24OS2. The molecule has 0 amide bonds. The minimum absolute atomic E-state index is 0.897. The zero-order valence-corrected chi connectivity index (χ0v) is 25.7. The zero-order chi connectivity index (χ0) is 29.5. The zero-order valence-electron chi connectivity index (χ0n) is 24.1. The Kier molecular flexibility index (Phi) is 5.39. The maximum absolute atomic E-state index is 6.38. The van der Waals surface area contributed by atoms with Gasteiger partial charge in [-0.3, -0.25) is 0 Å². The summed E-state index contributed by atoms with van der Waals surface area (Å²) in [6, 6.07) is 52.8. The van der Waals surface area contributed by atoms with Crippen LogP contribution in [0.25, 0.3) is 95.7 Å². The fourth-order valence-electron chi connectivity index (χ4n) is 6.69. The van der Waals surface area contributed by atoms with Crippen LogP contribution in [0.2, 0.25) is 0 Å². The number of rotatable bonds is 3. The van der Waals surface area contributed by atoms with Gasteiger partial charge in [-0.05, 0) is 92.3 Å². The van der Waals surface area contributed by atoms with Gasteiger partial charge in [-0.25, -0.2) is 0 Å². The minimum atomic E-state index is 0.897. The molecule has 0 unspecified atom stereocenters. The van der Waals surface area contributed by atoms with Gasteiger partial charge in [-0.1, -0.05) is 97.1 Å². The molecule has 3 heteroatoms. The molecule has 10 rings (SSSR count). The van der Waals surface area contributed by atoms with Crippen molar-refractivity contribution in [3.63, 3.8) is 0 Å². The maximum Gasteiger partial charge on any atom is 0.135 e. The first-order valence-corrected chi connectivity index (χ1v) is 16.8. The molecule has 0 N–H and O–H groups in total. The van der Waals surface area contributed by atoms with E-state index >= 15 is 0 Å². The summed E-state index contributed by atoms with van der Waals surface area (Å²) in [5.74, 6) is 0.897. The van der Waals surface area contributed by atoms with E-state index in [4.69, 9.17) is 4.42 Å². The van der Waals surface area contributed by atoms with Gasteiger partial charge in [0.1, 0.15) is 11.3 Å². The van der Waals surface area contributed by atoms with Crippen LogP contribution >= 0.6 is 22.7 Å². The van der Waals surface area contributed by atoms with E-state index in [1.807, 2.05) is 22.7 Å². The van der Waals surface area contributed by atoms with Crippen LogP contribution in [0.5, 0.6) is 0 Å². The quantitative estimate of drug-likeness (QED) is 0.194. The summed E-state index contributed by atoms with van der Waals surface area (Å²) in [5, 5.41) is 8.94. The number of hydrogen-bond acceptors (Lipinski definition) is 3. The Morgan fingerprint density at radius 3 is 1.62 bits per heavy atom. The molecule has 1 nitrogen and oxygen atoms in total. The fraction of sp³-hybridized carbons (Fsp3) is 0. The van der Waals surface area contributed by atoms with Crippen LogP contribution in [-0.4, -0.2) is 0 Å². The Balaban J connectivity index is 1.02. The summed E-state index contributed by atoms with van der Waals surface area (Å²) < 4.78 is 11.9. The number of furan rings is 1. The molecular weight excluding hydrogens is 585 g/mol. The first-order valence-electron chi connectivity index (χ1n) is 15.1. The van der Waals surface area contributed by atoms with Crippen molar-refractivity contribution in [2.24, 2.45) is 0 Å². The topological polar surface area (TPSA) is 13.1 Å². The molecule has 0 aliphatic rings. The fourth-order valence-corrected chi connectivity index (χ4v) is 9.39. The highest BCUT2D eigenvalue weighted by Crippen LogP contribution is 2.46. The molecule has 0 spiro atoms. The van der Waals surface area contributed by atoms with Gasteiger partial charge in [0.15, 0.2) is 0 Å². The summed E-state index contributed by atoms with van der Waals surface area (Å²) in [6.45, 7) is 0. The van der Waals surface area contributed by atoms with Crippen LogP contribution in [0, 0.1) is 0 Å². The smallest absolute Gasteiger partial charge is 0.135 e. The minimum Gasteiger partial charge on any atom is -0.456 e. The van der Waals surface area contributed by atoms with E-state index < -0.39 is 0 Å². The van der Waals surface area contributed by atoms with Gasteiger partial charge in [0, 0.05) is 31.1 Å². The van der Waals surface area contributed by atoms with Gasteiger partial charge >= 0.3 is 0 Å².